The average Bonchev–Trinajstić information content (AvgIpc) is 3.45. The summed E-state index contributed by atoms with van der Waals surface area (Å²) in [4.78, 5) is 32.8. The van der Waals surface area contributed by atoms with Crippen LogP contribution in [0.3, 0.4) is 0 Å². The quantitative estimate of drug-likeness (QED) is 0.315. The monoisotopic (exact) mass is 496 g/mol. The zero-order valence-corrected chi connectivity index (χ0v) is 20.7. The van der Waals surface area contributed by atoms with Gasteiger partial charge in [-0.2, -0.15) is 0 Å². The van der Waals surface area contributed by atoms with Crippen LogP contribution in [0.2, 0.25) is 0 Å². The molecule has 0 radical (unpaired) electrons. The fourth-order valence-corrected chi connectivity index (χ4v) is 5.27. The second-order valence-electron chi connectivity index (χ2n) is 8.37. The highest BCUT2D eigenvalue weighted by molar-refractivity contribution is 7.22. The number of nitrogens with zero attached hydrogens (tertiary/aromatic N) is 2. The minimum absolute atomic E-state index is 0.0354. The Hall–Kier alpha value is -4.23. The van der Waals surface area contributed by atoms with E-state index in [2.05, 4.69) is 11.9 Å². The summed E-state index contributed by atoms with van der Waals surface area (Å²) in [5.74, 6) is -0.958. The van der Waals surface area contributed by atoms with E-state index in [1.54, 1.807) is 19.3 Å². The predicted octanol–water partition coefficient (Wildman–Crippen LogP) is 6.05. The van der Waals surface area contributed by atoms with Gasteiger partial charge in [-0.15, -0.1) is 0 Å². The largest absolute Gasteiger partial charge is 0.503 e. The van der Waals surface area contributed by atoms with Gasteiger partial charge in [-0.1, -0.05) is 78.9 Å². The summed E-state index contributed by atoms with van der Waals surface area (Å²) in [7, 11) is 1.59. The van der Waals surface area contributed by atoms with Crippen LogP contribution in [-0.4, -0.2) is 28.9 Å². The molecule has 0 bridgehead atoms. The number of anilines is 1. The van der Waals surface area contributed by atoms with E-state index in [0.29, 0.717) is 16.4 Å². The molecule has 1 aliphatic rings. The Balaban J connectivity index is 1.60. The smallest absolute Gasteiger partial charge is 0.296 e. The summed E-state index contributed by atoms with van der Waals surface area (Å²) < 4.78 is 6.15. The van der Waals surface area contributed by atoms with Crippen LogP contribution in [0.15, 0.2) is 90.2 Å². The summed E-state index contributed by atoms with van der Waals surface area (Å²) in [5, 5.41) is 11.3. The molecule has 4 aromatic rings. The maximum Gasteiger partial charge on any atom is 0.296 e. The number of allylic oxidation sites excluding steroid dienone is 1. The number of aryl methyl sites for hydroxylation is 1. The second-order valence-corrected chi connectivity index (χ2v) is 9.38. The minimum atomic E-state index is -0.807. The first-order valence-corrected chi connectivity index (χ1v) is 12.4. The van der Waals surface area contributed by atoms with Crippen molar-refractivity contribution in [3.63, 3.8) is 0 Å². The van der Waals surface area contributed by atoms with E-state index >= 15 is 0 Å². The van der Waals surface area contributed by atoms with E-state index in [1.165, 1.54) is 22.3 Å². The topological polar surface area (TPSA) is 79.7 Å². The zero-order valence-electron chi connectivity index (χ0n) is 19.8. The summed E-state index contributed by atoms with van der Waals surface area (Å²) >= 11 is 1.31. The van der Waals surface area contributed by atoms with Crippen molar-refractivity contribution in [1.82, 2.24) is 4.98 Å². The third-order valence-corrected chi connectivity index (χ3v) is 7.21. The predicted molar refractivity (Wildman–Crippen MR) is 142 cm³/mol. The van der Waals surface area contributed by atoms with E-state index in [-0.39, 0.29) is 5.57 Å². The number of aliphatic hydroxyl groups is 1. The summed E-state index contributed by atoms with van der Waals surface area (Å²) in [6, 6.07) is 21.8. The number of fused-ring (bicyclic) bond motifs is 1. The highest BCUT2D eigenvalue weighted by Crippen LogP contribution is 2.44. The number of methoxy groups -OCH3 is 1. The fourth-order valence-electron chi connectivity index (χ4n) is 4.25. The number of aliphatic hydroxyl groups excluding tert-OH is 1. The molecule has 1 unspecified atom stereocenters. The number of hydrogen-bond acceptors (Lipinski definition) is 6. The van der Waals surface area contributed by atoms with Gasteiger partial charge in [-0.3, -0.25) is 14.5 Å². The number of amides is 1. The van der Waals surface area contributed by atoms with Crippen LogP contribution >= 0.6 is 11.3 Å². The molecule has 5 rings (SSSR count). The van der Waals surface area contributed by atoms with Gasteiger partial charge in [-0.25, -0.2) is 4.98 Å². The van der Waals surface area contributed by atoms with Gasteiger partial charge in [0.15, 0.2) is 16.7 Å². The summed E-state index contributed by atoms with van der Waals surface area (Å²) in [6.45, 7) is 2.06. The number of thiazole rings is 1. The van der Waals surface area contributed by atoms with Gasteiger partial charge in [0.05, 0.1) is 28.9 Å². The first kappa shape index (κ1) is 23.5. The molecule has 7 heteroatoms. The van der Waals surface area contributed by atoms with Crippen LogP contribution in [0, 0.1) is 0 Å². The van der Waals surface area contributed by atoms with E-state index < -0.39 is 23.5 Å². The van der Waals surface area contributed by atoms with Crippen molar-refractivity contribution >= 4 is 44.5 Å². The van der Waals surface area contributed by atoms with Crippen LogP contribution in [0.5, 0.6) is 5.75 Å². The Morgan fingerprint density at radius 1 is 1.11 bits per heavy atom. The molecule has 1 aromatic heterocycles. The zero-order chi connectivity index (χ0) is 25.2. The van der Waals surface area contributed by atoms with Gasteiger partial charge in [0.2, 0.25) is 0 Å². The Bertz CT molecular complexity index is 1500. The van der Waals surface area contributed by atoms with Crippen molar-refractivity contribution in [2.75, 3.05) is 12.0 Å². The van der Waals surface area contributed by atoms with Gasteiger partial charge in [0, 0.05) is 0 Å². The summed E-state index contributed by atoms with van der Waals surface area (Å²) in [6.07, 6.45) is 3.94. The molecule has 0 aliphatic carbocycles. The molecule has 1 atom stereocenters. The number of ketones is 1. The molecule has 1 amide bonds. The molecule has 1 N–H and O–H groups in total. The highest BCUT2D eigenvalue weighted by Gasteiger charge is 2.45. The number of hydrogen-bond donors (Lipinski definition) is 1. The van der Waals surface area contributed by atoms with Crippen LogP contribution < -0.4 is 9.64 Å². The van der Waals surface area contributed by atoms with Gasteiger partial charge in [0.1, 0.15) is 5.75 Å². The molecule has 6 nitrogen and oxygen atoms in total. The van der Waals surface area contributed by atoms with Crippen molar-refractivity contribution in [3.8, 4) is 5.75 Å². The molecule has 1 aliphatic heterocycles. The normalized spacial score (nSPS) is 15.9. The molecule has 0 saturated heterocycles. The van der Waals surface area contributed by atoms with Gasteiger partial charge in [0.25, 0.3) is 5.91 Å². The Morgan fingerprint density at radius 2 is 1.86 bits per heavy atom. The van der Waals surface area contributed by atoms with Crippen molar-refractivity contribution in [2.24, 2.45) is 0 Å². The van der Waals surface area contributed by atoms with Gasteiger partial charge >= 0.3 is 0 Å². The molecule has 0 fully saturated rings. The lowest BCUT2D eigenvalue weighted by Crippen LogP contribution is -2.30. The van der Waals surface area contributed by atoms with Crippen molar-refractivity contribution in [2.45, 2.75) is 19.4 Å². The van der Waals surface area contributed by atoms with E-state index in [1.807, 2.05) is 66.7 Å². The van der Waals surface area contributed by atoms with Gasteiger partial charge < -0.3 is 9.84 Å². The van der Waals surface area contributed by atoms with Crippen molar-refractivity contribution in [3.05, 3.63) is 107 Å². The minimum Gasteiger partial charge on any atom is -0.503 e. The maximum absolute atomic E-state index is 13.4. The van der Waals surface area contributed by atoms with Crippen molar-refractivity contribution < 1.29 is 19.4 Å². The number of ether oxygens (including phenoxy) is 1. The van der Waals surface area contributed by atoms with E-state index in [0.717, 1.165) is 27.8 Å². The molecule has 36 heavy (non-hydrogen) atoms. The number of carbonyl (C=O) groups excluding carboxylic acids is 2. The molecular formula is C29H24N2O4S. The Labute approximate surface area is 212 Å². The Kier molecular flexibility index (Phi) is 6.40. The number of carbonyl (C=O) groups is 2. The molecule has 0 spiro atoms. The molecule has 3 aromatic carbocycles. The lowest BCUT2D eigenvalue weighted by Gasteiger charge is -2.24. The van der Waals surface area contributed by atoms with Crippen LogP contribution in [-0.2, 0) is 16.0 Å². The molecular weight excluding hydrogens is 472 g/mol. The average molecular weight is 497 g/mol. The standard InChI is InChI=1S/C29H24N2O4S/c1-3-18-9-12-20(13-10-18)26-25(23(32)16-11-19-7-5-4-6-8-19)27(33)28(34)31(26)29-30-22-15-14-21(35-2)17-24(22)36-29/h4-17,26,33H,3H2,1-2H3. The molecule has 2 heterocycles. The second kappa shape index (κ2) is 9.79. The Morgan fingerprint density at radius 3 is 2.56 bits per heavy atom. The number of aromatic nitrogens is 1. The SMILES string of the molecule is CCc1ccc(C2C(C(=O)C=Cc3ccccc3)=C(O)C(=O)N2c2nc3ccc(OC)cc3s2)cc1. The van der Waals surface area contributed by atoms with Gasteiger partial charge in [-0.05, 0) is 47.4 Å². The third-order valence-electron chi connectivity index (χ3n) is 6.19. The first-order valence-electron chi connectivity index (χ1n) is 11.6. The molecule has 180 valence electrons. The summed E-state index contributed by atoms with van der Waals surface area (Å²) in [5.41, 5.74) is 3.43. The lowest BCUT2D eigenvalue weighted by atomic mass is 9.95. The van der Waals surface area contributed by atoms with Crippen molar-refractivity contribution in [1.29, 1.82) is 0 Å². The van der Waals surface area contributed by atoms with E-state index in [9.17, 15) is 14.7 Å². The molecule has 0 saturated carbocycles. The lowest BCUT2D eigenvalue weighted by molar-refractivity contribution is -0.117. The van der Waals surface area contributed by atoms with E-state index in [4.69, 9.17) is 4.74 Å². The van der Waals surface area contributed by atoms with Crippen LogP contribution in [0.1, 0.15) is 29.7 Å². The first-order chi connectivity index (χ1) is 17.5. The van der Waals surface area contributed by atoms with Crippen LogP contribution in [0.25, 0.3) is 16.3 Å². The third kappa shape index (κ3) is 4.29. The highest BCUT2D eigenvalue weighted by atomic mass is 32.1. The number of rotatable bonds is 7. The van der Waals surface area contributed by atoms with Crippen LogP contribution in [0.4, 0.5) is 5.13 Å². The maximum atomic E-state index is 13.4. The fraction of sp³-hybridized carbons (Fsp3) is 0.138. The number of benzene rings is 3.